The summed E-state index contributed by atoms with van der Waals surface area (Å²) in [6.45, 7) is 2.08. The van der Waals surface area contributed by atoms with Gasteiger partial charge in [-0.25, -0.2) is 4.68 Å². The van der Waals surface area contributed by atoms with Crippen LogP contribution in [0.25, 0.3) is 27.9 Å². The zero-order chi connectivity index (χ0) is 17.5. The molecule has 1 aliphatic rings. The molecule has 0 radical (unpaired) electrons. The number of thioether (sulfide) groups is 1. The van der Waals surface area contributed by atoms with Crippen LogP contribution in [0.2, 0.25) is 0 Å². The number of benzene rings is 3. The lowest BCUT2D eigenvalue weighted by Gasteiger charge is -2.19. The molecule has 26 heavy (non-hydrogen) atoms. The van der Waals surface area contributed by atoms with Crippen molar-refractivity contribution in [2.24, 2.45) is 0 Å². The van der Waals surface area contributed by atoms with E-state index in [1.54, 1.807) is 11.8 Å². The van der Waals surface area contributed by atoms with E-state index in [0.29, 0.717) is 0 Å². The van der Waals surface area contributed by atoms with E-state index in [-0.39, 0.29) is 0 Å². The number of aromatic nitrogens is 3. The Morgan fingerprint density at radius 2 is 1.73 bits per heavy atom. The van der Waals surface area contributed by atoms with E-state index < -0.39 is 0 Å². The summed E-state index contributed by atoms with van der Waals surface area (Å²) in [5.74, 6) is 0.822. The third kappa shape index (κ3) is 2.57. The van der Waals surface area contributed by atoms with Gasteiger partial charge in [-0.2, -0.15) is 0 Å². The molecule has 0 aliphatic carbocycles. The van der Waals surface area contributed by atoms with E-state index in [9.17, 15) is 0 Å². The van der Waals surface area contributed by atoms with Gasteiger partial charge in [0.15, 0.2) is 5.82 Å². The molecule has 3 aromatic carbocycles. The van der Waals surface area contributed by atoms with Gasteiger partial charge in [0, 0.05) is 16.5 Å². The molecular formula is C21H16N4S. The first kappa shape index (κ1) is 15.2. The lowest BCUT2D eigenvalue weighted by molar-refractivity contribution is 0.826. The van der Waals surface area contributed by atoms with Gasteiger partial charge in [0.25, 0.3) is 0 Å². The molecule has 0 fully saturated rings. The Labute approximate surface area is 155 Å². The van der Waals surface area contributed by atoms with E-state index in [4.69, 9.17) is 0 Å². The summed E-state index contributed by atoms with van der Waals surface area (Å²) < 4.78 is 1.96. The van der Waals surface area contributed by atoms with Crippen LogP contribution in [0.5, 0.6) is 0 Å². The SMILES string of the molecule is Cc1cccc(-c2nnc3n2NC(c2ccc4ccccc4c2)=CS3)c1. The Bertz CT molecular complexity index is 1160. The van der Waals surface area contributed by atoms with Crippen LogP contribution in [0.15, 0.2) is 77.3 Å². The quantitative estimate of drug-likeness (QED) is 0.545. The number of hydrogen-bond donors (Lipinski definition) is 1. The number of hydrogen-bond acceptors (Lipinski definition) is 4. The highest BCUT2D eigenvalue weighted by Gasteiger charge is 2.19. The highest BCUT2D eigenvalue weighted by Crippen LogP contribution is 2.32. The first-order chi connectivity index (χ1) is 12.8. The monoisotopic (exact) mass is 356 g/mol. The van der Waals surface area contributed by atoms with E-state index in [1.165, 1.54) is 16.3 Å². The molecule has 0 spiro atoms. The summed E-state index contributed by atoms with van der Waals surface area (Å²) in [6, 6.07) is 23.2. The van der Waals surface area contributed by atoms with Crippen molar-refractivity contribution in [2.45, 2.75) is 12.1 Å². The molecule has 0 amide bonds. The molecule has 0 bridgehead atoms. The molecule has 0 saturated heterocycles. The zero-order valence-electron chi connectivity index (χ0n) is 14.2. The predicted molar refractivity (Wildman–Crippen MR) is 107 cm³/mol. The number of nitrogens with one attached hydrogen (secondary N) is 1. The molecule has 4 aromatic rings. The molecule has 0 unspecified atom stereocenters. The van der Waals surface area contributed by atoms with Gasteiger partial charge in [-0.1, -0.05) is 71.9 Å². The topological polar surface area (TPSA) is 42.7 Å². The standard InChI is InChI=1S/C21H16N4S/c1-14-5-4-8-18(11-14)20-22-23-21-25(20)24-19(13-26-21)17-10-9-15-6-2-3-7-16(15)12-17/h2-13,24H,1H3. The third-order valence-corrected chi connectivity index (χ3v) is 5.31. The Hall–Kier alpha value is -3.05. The molecule has 2 heterocycles. The highest BCUT2D eigenvalue weighted by molar-refractivity contribution is 8.02. The fourth-order valence-corrected chi connectivity index (χ4v) is 3.90. The first-order valence-electron chi connectivity index (χ1n) is 8.43. The molecule has 1 aliphatic heterocycles. The van der Waals surface area contributed by atoms with Crippen LogP contribution in [0.3, 0.4) is 0 Å². The van der Waals surface area contributed by atoms with E-state index in [2.05, 4.69) is 88.6 Å². The van der Waals surface area contributed by atoms with Gasteiger partial charge in [0.1, 0.15) is 0 Å². The number of rotatable bonds is 2. The Balaban J connectivity index is 1.54. The molecule has 1 aromatic heterocycles. The van der Waals surface area contributed by atoms with E-state index >= 15 is 0 Å². The maximum atomic E-state index is 4.38. The molecule has 5 rings (SSSR count). The van der Waals surface area contributed by atoms with Gasteiger partial charge in [0.05, 0.1) is 5.70 Å². The minimum Gasteiger partial charge on any atom is -0.289 e. The third-order valence-electron chi connectivity index (χ3n) is 4.48. The summed E-state index contributed by atoms with van der Waals surface area (Å²) in [4.78, 5) is 0. The van der Waals surface area contributed by atoms with Gasteiger partial charge in [-0.05, 0) is 29.8 Å². The van der Waals surface area contributed by atoms with E-state index in [1.807, 2.05) is 10.7 Å². The van der Waals surface area contributed by atoms with Crippen molar-refractivity contribution in [3.8, 4) is 11.4 Å². The molecular weight excluding hydrogens is 340 g/mol. The van der Waals surface area contributed by atoms with Crippen LogP contribution in [0.1, 0.15) is 11.1 Å². The number of fused-ring (bicyclic) bond motifs is 2. The lowest BCUT2D eigenvalue weighted by atomic mass is 10.1. The smallest absolute Gasteiger partial charge is 0.214 e. The predicted octanol–water partition coefficient (Wildman–Crippen LogP) is 5.05. The second-order valence-electron chi connectivity index (χ2n) is 6.33. The molecule has 0 saturated carbocycles. The van der Waals surface area contributed by atoms with Crippen molar-refractivity contribution in [1.82, 2.24) is 14.9 Å². The minimum atomic E-state index is 0.822. The molecule has 4 nitrogen and oxygen atoms in total. The van der Waals surface area contributed by atoms with Crippen LogP contribution in [0.4, 0.5) is 0 Å². The van der Waals surface area contributed by atoms with Crippen LogP contribution in [-0.2, 0) is 0 Å². The zero-order valence-corrected chi connectivity index (χ0v) is 15.0. The molecule has 1 N–H and O–H groups in total. The first-order valence-corrected chi connectivity index (χ1v) is 9.31. The van der Waals surface area contributed by atoms with E-state index in [0.717, 1.165) is 27.8 Å². The van der Waals surface area contributed by atoms with Crippen molar-refractivity contribution in [3.05, 3.63) is 83.3 Å². The van der Waals surface area contributed by atoms with Gasteiger partial charge in [-0.15, -0.1) is 10.2 Å². The van der Waals surface area contributed by atoms with Gasteiger partial charge in [0.2, 0.25) is 5.16 Å². The molecule has 5 heteroatoms. The van der Waals surface area contributed by atoms with Gasteiger partial charge < -0.3 is 0 Å². The van der Waals surface area contributed by atoms with Crippen molar-refractivity contribution in [3.63, 3.8) is 0 Å². The summed E-state index contributed by atoms with van der Waals surface area (Å²) in [6.07, 6.45) is 0. The van der Waals surface area contributed by atoms with Crippen LogP contribution >= 0.6 is 11.8 Å². The highest BCUT2D eigenvalue weighted by atomic mass is 32.2. The average Bonchev–Trinajstić information content (AvgIpc) is 3.11. The molecule has 0 atom stereocenters. The normalized spacial score (nSPS) is 13.2. The summed E-state index contributed by atoms with van der Waals surface area (Å²) >= 11 is 1.58. The largest absolute Gasteiger partial charge is 0.289 e. The second-order valence-corrected chi connectivity index (χ2v) is 7.17. The van der Waals surface area contributed by atoms with Crippen LogP contribution < -0.4 is 5.43 Å². The summed E-state index contributed by atoms with van der Waals surface area (Å²) in [5, 5.41) is 14.1. The van der Waals surface area contributed by atoms with Crippen molar-refractivity contribution >= 4 is 28.2 Å². The number of nitrogens with zero attached hydrogens (tertiary/aromatic N) is 3. The summed E-state index contributed by atoms with van der Waals surface area (Å²) in [5.41, 5.74) is 7.92. The van der Waals surface area contributed by atoms with Gasteiger partial charge >= 0.3 is 0 Å². The Kier molecular flexibility index (Phi) is 3.53. The van der Waals surface area contributed by atoms with Crippen LogP contribution in [0, 0.1) is 6.92 Å². The van der Waals surface area contributed by atoms with Crippen molar-refractivity contribution < 1.29 is 0 Å². The molecule has 126 valence electrons. The Morgan fingerprint density at radius 1 is 0.846 bits per heavy atom. The second kappa shape index (κ2) is 6.04. The summed E-state index contributed by atoms with van der Waals surface area (Å²) in [7, 11) is 0. The van der Waals surface area contributed by atoms with Crippen LogP contribution in [-0.4, -0.2) is 14.9 Å². The maximum absolute atomic E-state index is 4.38. The minimum absolute atomic E-state index is 0.822. The average molecular weight is 356 g/mol. The lowest BCUT2D eigenvalue weighted by Crippen LogP contribution is -2.18. The van der Waals surface area contributed by atoms with Crippen molar-refractivity contribution in [1.29, 1.82) is 0 Å². The fourth-order valence-electron chi connectivity index (χ4n) is 3.17. The number of aryl methyl sites for hydroxylation is 1. The maximum Gasteiger partial charge on any atom is 0.214 e. The fraction of sp³-hybridized carbons (Fsp3) is 0.0476. The van der Waals surface area contributed by atoms with Crippen molar-refractivity contribution in [2.75, 3.05) is 5.43 Å². The van der Waals surface area contributed by atoms with Gasteiger partial charge in [-0.3, -0.25) is 5.43 Å². The Morgan fingerprint density at radius 3 is 2.62 bits per heavy atom.